The van der Waals surface area contributed by atoms with Gasteiger partial charge in [-0.15, -0.1) is 0 Å². The van der Waals surface area contributed by atoms with Crippen LogP contribution in [0.4, 0.5) is 4.79 Å². The van der Waals surface area contributed by atoms with Crippen LogP contribution >= 0.6 is 0 Å². The second-order valence-corrected chi connectivity index (χ2v) is 8.14. The van der Waals surface area contributed by atoms with E-state index in [1.165, 1.54) is 4.90 Å². The number of likely N-dealkylation sites (tertiary alicyclic amines) is 1. The van der Waals surface area contributed by atoms with Crippen LogP contribution < -0.4 is 10.1 Å². The Labute approximate surface area is 186 Å². The van der Waals surface area contributed by atoms with Crippen LogP contribution in [0.25, 0.3) is 11.1 Å². The number of hydrogen-bond donors (Lipinski definition) is 3. The molecule has 1 saturated heterocycles. The molecule has 2 aliphatic heterocycles. The number of amides is 2. The summed E-state index contributed by atoms with van der Waals surface area (Å²) in [7, 11) is 0. The molecule has 4 rings (SSSR count). The van der Waals surface area contributed by atoms with Crippen molar-refractivity contribution in [1.82, 2.24) is 10.2 Å². The van der Waals surface area contributed by atoms with Crippen LogP contribution in [0.2, 0.25) is 0 Å². The number of ether oxygens (including phenoxy) is 2. The minimum atomic E-state index is -0.873. The topological polar surface area (TPSA) is 108 Å². The fraction of sp³-hybridized carbons (Fsp3) is 0.417. The van der Waals surface area contributed by atoms with Crippen molar-refractivity contribution in [2.45, 2.75) is 32.2 Å². The summed E-state index contributed by atoms with van der Waals surface area (Å²) in [5.74, 6) is 0.817. The molecule has 1 atom stereocenters. The minimum Gasteiger partial charge on any atom is -0.465 e. The average Bonchev–Trinajstić information content (AvgIpc) is 2.83. The van der Waals surface area contributed by atoms with E-state index in [0.717, 1.165) is 35.3 Å². The maximum Gasteiger partial charge on any atom is 0.407 e. The summed E-state index contributed by atoms with van der Waals surface area (Å²) >= 11 is 0. The van der Waals surface area contributed by atoms with Gasteiger partial charge in [-0.2, -0.15) is 0 Å². The first-order chi connectivity index (χ1) is 15.5. The van der Waals surface area contributed by atoms with E-state index >= 15 is 0 Å². The van der Waals surface area contributed by atoms with Crippen LogP contribution in [0.5, 0.6) is 5.75 Å². The van der Waals surface area contributed by atoms with E-state index < -0.39 is 6.09 Å². The molecule has 0 radical (unpaired) electrons. The smallest absolute Gasteiger partial charge is 0.407 e. The molecular weight excluding hydrogens is 412 g/mol. The lowest BCUT2D eigenvalue weighted by Gasteiger charge is -2.36. The Bertz CT molecular complexity index is 953. The molecule has 3 N–H and O–H groups in total. The van der Waals surface area contributed by atoms with Gasteiger partial charge in [0.2, 0.25) is 6.29 Å². The van der Waals surface area contributed by atoms with Crippen LogP contribution in [-0.2, 0) is 11.3 Å². The Morgan fingerprint density at radius 3 is 2.47 bits per heavy atom. The number of nitrogens with one attached hydrogen (secondary N) is 1. The molecule has 2 heterocycles. The highest BCUT2D eigenvalue weighted by atomic mass is 16.7. The summed E-state index contributed by atoms with van der Waals surface area (Å²) in [4.78, 5) is 24.6. The van der Waals surface area contributed by atoms with Gasteiger partial charge < -0.3 is 29.9 Å². The molecule has 2 aromatic carbocycles. The second-order valence-electron chi connectivity index (χ2n) is 8.14. The standard InChI is InChI=1S/C24H28N2O6/c27-13-1-10-25-22(28)17-4-2-16(3-5-17)19-6-7-21-20(14-19)15-31-23(32-21)18-8-11-26(12-9-18)24(29)30/h2-7,14,18,23,27H,1,8-13,15H2,(H,25,28)(H,29,30). The minimum absolute atomic E-state index is 0.0513. The fourth-order valence-electron chi connectivity index (χ4n) is 4.11. The zero-order chi connectivity index (χ0) is 22.5. The first-order valence-electron chi connectivity index (χ1n) is 10.9. The summed E-state index contributed by atoms with van der Waals surface area (Å²) in [5, 5.41) is 20.7. The van der Waals surface area contributed by atoms with Crippen molar-refractivity contribution in [1.29, 1.82) is 0 Å². The van der Waals surface area contributed by atoms with Gasteiger partial charge in [-0.25, -0.2) is 4.79 Å². The van der Waals surface area contributed by atoms with Gasteiger partial charge in [0.15, 0.2) is 0 Å². The van der Waals surface area contributed by atoms with Gasteiger partial charge in [0.1, 0.15) is 5.75 Å². The van der Waals surface area contributed by atoms with Crippen molar-refractivity contribution in [3.05, 3.63) is 53.6 Å². The van der Waals surface area contributed by atoms with Crippen LogP contribution in [0.1, 0.15) is 35.2 Å². The van der Waals surface area contributed by atoms with E-state index in [1.807, 2.05) is 30.3 Å². The molecule has 2 amide bonds. The second kappa shape index (κ2) is 10.0. The van der Waals surface area contributed by atoms with Gasteiger partial charge in [0, 0.05) is 43.3 Å². The number of aliphatic hydroxyl groups is 1. The molecule has 0 saturated carbocycles. The Balaban J connectivity index is 1.38. The largest absolute Gasteiger partial charge is 0.465 e. The van der Waals surface area contributed by atoms with Crippen molar-refractivity contribution in [3.63, 3.8) is 0 Å². The molecule has 0 aliphatic carbocycles. The van der Waals surface area contributed by atoms with Gasteiger partial charge in [-0.05, 0) is 54.7 Å². The molecule has 1 fully saturated rings. The molecule has 2 aliphatic rings. The third-order valence-corrected chi connectivity index (χ3v) is 6.00. The molecule has 170 valence electrons. The van der Waals surface area contributed by atoms with Gasteiger partial charge in [-0.3, -0.25) is 4.79 Å². The Morgan fingerprint density at radius 1 is 1.06 bits per heavy atom. The highest BCUT2D eigenvalue weighted by Gasteiger charge is 2.33. The molecule has 8 heteroatoms. The predicted octanol–water partition coefficient (Wildman–Crippen LogP) is 3.09. The SMILES string of the molecule is O=C(NCCCO)c1ccc(-c2ccc3c(c2)COC(C2CCN(C(=O)O)CC2)O3)cc1. The van der Waals surface area contributed by atoms with E-state index in [4.69, 9.17) is 19.7 Å². The maximum atomic E-state index is 12.1. The third-order valence-electron chi connectivity index (χ3n) is 6.00. The van der Waals surface area contributed by atoms with Gasteiger partial charge in [-0.1, -0.05) is 18.2 Å². The third kappa shape index (κ3) is 5.03. The fourth-order valence-corrected chi connectivity index (χ4v) is 4.11. The molecular formula is C24H28N2O6. The van der Waals surface area contributed by atoms with E-state index in [2.05, 4.69) is 5.32 Å². The molecule has 1 unspecified atom stereocenters. The number of benzene rings is 2. The van der Waals surface area contributed by atoms with Gasteiger partial charge in [0.05, 0.1) is 6.61 Å². The number of carbonyl (C=O) groups is 2. The normalized spacial score (nSPS) is 18.5. The Kier molecular flexibility index (Phi) is 6.92. The first-order valence-corrected chi connectivity index (χ1v) is 10.9. The van der Waals surface area contributed by atoms with E-state index in [9.17, 15) is 9.59 Å². The molecule has 2 aromatic rings. The number of carbonyl (C=O) groups excluding carboxylic acids is 1. The van der Waals surface area contributed by atoms with Crippen molar-refractivity contribution >= 4 is 12.0 Å². The molecule has 8 nitrogen and oxygen atoms in total. The summed E-state index contributed by atoms with van der Waals surface area (Å²) in [5.41, 5.74) is 3.54. The van der Waals surface area contributed by atoms with E-state index in [-0.39, 0.29) is 24.7 Å². The summed E-state index contributed by atoms with van der Waals surface area (Å²) in [6.45, 7) is 1.95. The maximum absolute atomic E-state index is 12.1. The van der Waals surface area contributed by atoms with Crippen molar-refractivity contribution in [2.75, 3.05) is 26.2 Å². The monoisotopic (exact) mass is 440 g/mol. The number of rotatable bonds is 6. The number of aliphatic hydroxyl groups excluding tert-OH is 1. The molecule has 0 spiro atoms. The lowest BCUT2D eigenvalue weighted by molar-refractivity contribution is -0.148. The van der Waals surface area contributed by atoms with Crippen LogP contribution in [0, 0.1) is 5.92 Å². The summed E-state index contributed by atoms with van der Waals surface area (Å²) < 4.78 is 12.1. The molecule has 0 bridgehead atoms. The number of nitrogens with zero attached hydrogens (tertiary/aromatic N) is 1. The Morgan fingerprint density at radius 2 is 1.78 bits per heavy atom. The number of hydrogen-bond acceptors (Lipinski definition) is 5. The van der Waals surface area contributed by atoms with E-state index in [0.29, 0.717) is 38.2 Å². The number of piperidine rings is 1. The van der Waals surface area contributed by atoms with Crippen LogP contribution in [0.15, 0.2) is 42.5 Å². The van der Waals surface area contributed by atoms with Gasteiger partial charge >= 0.3 is 6.09 Å². The molecule has 32 heavy (non-hydrogen) atoms. The van der Waals surface area contributed by atoms with Crippen molar-refractivity contribution in [3.8, 4) is 16.9 Å². The lowest BCUT2D eigenvalue weighted by atomic mass is 9.95. The summed E-state index contributed by atoms with van der Waals surface area (Å²) in [6, 6.07) is 13.4. The predicted molar refractivity (Wildman–Crippen MR) is 117 cm³/mol. The highest BCUT2D eigenvalue weighted by Crippen LogP contribution is 2.35. The summed E-state index contributed by atoms with van der Waals surface area (Å²) in [6.07, 6.45) is 0.759. The highest BCUT2D eigenvalue weighted by molar-refractivity contribution is 5.94. The van der Waals surface area contributed by atoms with Crippen molar-refractivity contribution < 1.29 is 29.3 Å². The average molecular weight is 440 g/mol. The van der Waals surface area contributed by atoms with Crippen LogP contribution in [-0.4, -0.2) is 59.6 Å². The number of carboxylic acid groups (broad SMARTS) is 1. The van der Waals surface area contributed by atoms with Crippen LogP contribution in [0.3, 0.4) is 0 Å². The van der Waals surface area contributed by atoms with E-state index in [1.54, 1.807) is 12.1 Å². The first kappa shape index (κ1) is 22.1. The molecule has 0 aromatic heterocycles. The van der Waals surface area contributed by atoms with Gasteiger partial charge in [0.25, 0.3) is 5.91 Å². The zero-order valence-corrected chi connectivity index (χ0v) is 17.8. The van der Waals surface area contributed by atoms with Crippen molar-refractivity contribution in [2.24, 2.45) is 5.92 Å². The Hall–Kier alpha value is -3.10. The lowest BCUT2D eigenvalue weighted by Crippen LogP contribution is -2.43. The number of fused-ring (bicyclic) bond motifs is 1. The zero-order valence-electron chi connectivity index (χ0n) is 17.8. The quantitative estimate of drug-likeness (QED) is 0.596.